The Morgan fingerprint density at radius 1 is 0.875 bits per heavy atom. The van der Waals surface area contributed by atoms with Gasteiger partial charge in [0.1, 0.15) is 0 Å². The van der Waals surface area contributed by atoms with Gasteiger partial charge in [-0.05, 0) is 36.5 Å². The van der Waals surface area contributed by atoms with Crippen LogP contribution >= 0.6 is 0 Å². The zero-order chi connectivity index (χ0) is 11.5. The van der Waals surface area contributed by atoms with Crippen LogP contribution in [0.5, 0.6) is 0 Å². The van der Waals surface area contributed by atoms with Crippen molar-refractivity contribution in [2.75, 3.05) is 26.3 Å². The van der Waals surface area contributed by atoms with Crippen LogP contribution < -0.4 is 5.32 Å². The van der Waals surface area contributed by atoms with Gasteiger partial charge < -0.3 is 10.1 Å². The first kappa shape index (κ1) is 12.4. The molecule has 0 unspecified atom stereocenters. The van der Waals surface area contributed by atoms with Crippen LogP contribution in [-0.4, -0.2) is 26.3 Å². The highest BCUT2D eigenvalue weighted by Gasteiger charge is 2.31. The molecule has 2 fully saturated rings. The Labute approximate surface area is 100 Å². The number of rotatable bonds is 4. The minimum Gasteiger partial charge on any atom is -0.381 e. The molecule has 0 amide bonds. The molecule has 16 heavy (non-hydrogen) atoms. The summed E-state index contributed by atoms with van der Waals surface area (Å²) in [6.45, 7) is 9.14. The Morgan fingerprint density at radius 3 is 1.94 bits per heavy atom. The summed E-state index contributed by atoms with van der Waals surface area (Å²) in [6.07, 6.45) is 8.14. The number of nitrogens with one attached hydrogen (secondary N) is 1. The lowest BCUT2D eigenvalue weighted by Gasteiger charge is -2.35. The second-order valence-corrected chi connectivity index (χ2v) is 6.54. The minimum atomic E-state index is 0.479. The lowest BCUT2D eigenvalue weighted by molar-refractivity contribution is 0.0231. The van der Waals surface area contributed by atoms with E-state index < -0.39 is 0 Å². The second-order valence-electron chi connectivity index (χ2n) is 6.54. The van der Waals surface area contributed by atoms with Crippen molar-refractivity contribution in [1.82, 2.24) is 5.32 Å². The lowest BCUT2D eigenvalue weighted by Crippen LogP contribution is -2.40. The summed E-state index contributed by atoms with van der Waals surface area (Å²) in [5.74, 6) is 0. The summed E-state index contributed by atoms with van der Waals surface area (Å²) in [7, 11) is 0. The molecule has 2 heteroatoms. The van der Waals surface area contributed by atoms with Crippen LogP contribution in [0.4, 0.5) is 0 Å². The molecule has 0 bridgehead atoms. The van der Waals surface area contributed by atoms with Gasteiger partial charge in [-0.1, -0.05) is 26.7 Å². The maximum absolute atomic E-state index is 5.44. The molecule has 0 atom stereocenters. The number of hydrogen-bond donors (Lipinski definition) is 1. The van der Waals surface area contributed by atoms with Gasteiger partial charge in [0.25, 0.3) is 0 Å². The van der Waals surface area contributed by atoms with Crippen molar-refractivity contribution < 1.29 is 4.74 Å². The molecule has 1 saturated heterocycles. The highest BCUT2D eigenvalue weighted by atomic mass is 16.5. The Balaban J connectivity index is 1.70. The van der Waals surface area contributed by atoms with E-state index in [1.807, 2.05) is 0 Å². The van der Waals surface area contributed by atoms with Crippen LogP contribution in [0, 0.1) is 10.8 Å². The Hall–Kier alpha value is -0.0800. The molecule has 94 valence electrons. The van der Waals surface area contributed by atoms with Crippen LogP contribution in [0.15, 0.2) is 0 Å². The average molecular weight is 225 g/mol. The van der Waals surface area contributed by atoms with Gasteiger partial charge in [-0.2, -0.15) is 0 Å². The summed E-state index contributed by atoms with van der Waals surface area (Å²) in [5, 5.41) is 3.72. The van der Waals surface area contributed by atoms with E-state index in [1.165, 1.54) is 51.6 Å². The summed E-state index contributed by atoms with van der Waals surface area (Å²) in [4.78, 5) is 0. The lowest BCUT2D eigenvalue weighted by atomic mass is 9.81. The average Bonchev–Trinajstić information content (AvgIpc) is 2.66. The van der Waals surface area contributed by atoms with Gasteiger partial charge in [0.05, 0.1) is 0 Å². The zero-order valence-corrected chi connectivity index (χ0v) is 11.0. The van der Waals surface area contributed by atoms with Crippen LogP contribution in [0.3, 0.4) is 0 Å². The largest absolute Gasteiger partial charge is 0.381 e. The molecule has 0 radical (unpaired) electrons. The van der Waals surface area contributed by atoms with E-state index >= 15 is 0 Å². The zero-order valence-electron chi connectivity index (χ0n) is 11.0. The Kier molecular flexibility index (Phi) is 3.91. The highest BCUT2D eigenvalue weighted by Crippen LogP contribution is 2.37. The predicted octanol–water partition coefficient (Wildman–Crippen LogP) is 2.97. The molecule has 2 nitrogen and oxygen atoms in total. The molecule has 2 rings (SSSR count). The monoisotopic (exact) mass is 225 g/mol. The van der Waals surface area contributed by atoms with Gasteiger partial charge in [-0.15, -0.1) is 0 Å². The molecule has 1 saturated carbocycles. The molecular weight excluding hydrogens is 198 g/mol. The van der Waals surface area contributed by atoms with Gasteiger partial charge in [0.2, 0.25) is 0 Å². The smallest absolute Gasteiger partial charge is 0.0471 e. The molecule has 1 aliphatic carbocycles. The van der Waals surface area contributed by atoms with Gasteiger partial charge in [-0.25, -0.2) is 0 Å². The van der Waals surface area contributed by atoms with Gasteiger partial charge in [-0.3, -0.25) is 0 Å². The third kappa shape index (κ3) is 3.21. The van der Waals surface area contributed by atoms with E-state index in [2.05, 4.69) is 19.2 Å². The van der Waals surface area contributed by atoms with E-state index in [0.29, 0.717) is 10.8 Å². The van der Waals surface area contributed by atoms with Crippen molar-refractivity contribution in [1.29, 1.82) is 0 Å². The molecule has 0 aromatic carbocycles. The van der Waals surface area contributed by atoms with E-state index in [4.69, 9.17) is 4.74 Å². The molecular formula is C14H27NO. The summed E-state index contributed by atoms with van der Waals surface area (Å²) >= 11 is 0. The fourth-order valence-electron chi connectivity index (χ4n) is 3.11. The Bertz CT molecular complexity index is 215. The van der Waals surface area contributed by atoms with Gasteiger partial charge >= 0.3 is 0 Å². The molecule has 2 aliphatic rings. The van der Waals surface area contributed by atoms with Crippen molar-refractivity contribution >= 4 is 0 Å². The van der Waals surface area contributed by atoms with Crippen molar-refractivity contribution in [2.45, 2.75) is 52.4 Å². The molecule has 0 aromatic heterocycles. The van der Waals surface area contributed by atoms with E-state index in [0.717, 1.165) is 13.2 Å². The summed E-state index contributed by atoms with van der Waals surface area (Å²) in [6, 6.07) is 0. The van der Waals surface area contributed by atoms with Crippen LogP contribution in [0.2, 0.25) is 0 Å². The molecule has 1 heterocycles. The first-order chi connectivity index (χ1) is 7.62. The van der Waals surface area contributed by atoms with Gasteiger partial charge in [0, 0.05) is 26.3 Å². The standard InChI is InChI=1S/C14H27NO/c1-13(5-3-4-6-13)11-15-12-14(2)7-9-16-10-8-14/h15H,3-12H2,1-2H3. The third-order valence-corrected chi connectivity index (χ3v) is 4.61. The third-order valence-electron chi connectivity index (χ3n) is 4.61. The quantitative estimate of drug-likeness (QED) is 0.794. The topological polar surface area (TPSA) is 21.3 Å². The fourth-order valence-corrected chi connectivity index (χ4v) is 3.11. The first-order valence-electron chi connectivity index (χ1n) is 6.91. The Morgan fingerprint density at radius 2 is 1.38 bits per heavy atom. The van der Waals surface area contributed by atoms with E-state index in [9.17, 15) is 0 Å². The SMILES string of the molecule is CC1(CNCC2(C)CCOCC2)CCCC1. The normalized spacial score (nSPS) is 28.1. The minimum absolute atomic E-state index is 0.479. The number of hydrogen-bond acceptors (Lipinski definition) is 2. The maximum Gasteiger partial charge on any atom is 0.0471 e. The highest BCUT2D eigenvalue weighted by molar-refractivity contribution is 4.85. The van der Waals surface area contributed by atoms with E-state index in [1.54, 1.807) is 0 Å². The maximum atomic E-state index is 5.44. The number of ether oxygens (including phenoxy) is 1. The van der Waals surface area contributed by atoms with Crippen molar-refractivity contribution in [3.05, 3.63) is 0 Å². The van der Waals surface area contributed by atoms with Crippen LogP contribution in [0.25, 0.3) is 0 Å². The van der Waals surface area contributed by atoms with Gasteiger partial charge in [0.15, 0.2) is 0 Å². The first-order valence-corrected chi connectivity index (χ1v) is 6.91. The van der Waals surface area contributed by atoms with Crippen molar-refractivity contribution in [3.8, 4) is 0 Å². The molecule has 1 aliphatic heterocycles. The van der Waals surface area contributed by atoms with E-state index in [-0.39, 0.29) is 0 Å². The van der Waals surface area contributed by atoms with Crippen LogP contribution in [-0.2, 0) is 4.74 Å². The molecule has 1 N–H and O–H groups in total. The van der Waals surface area contributed by atoms with Crippen molar-refractivity contribution in [2.24, 2.45) is 10.8 Å². The predicted molar refractivity (Wildman–Crippen MR) is 67.6 cm³/mol. The van der Waals surface area contributed by atoms with Crippen LogP contribution in [0.1, 0.15) is 52.4 Å². The summed E-state index contributed by atoms with van der Waals surface area (Å²) < 4.78 is 5.44. The molecule has 0 spiro atoms. The molecule has 0 aromatic rings. The summed E-state index contributed by atoms with van der Waals surface area (Å²) in [5.41, 5.74) is 1.06. The second kappa shape index (κ2) is 5.05. The van der Waals surface area contributed by atoms with Crippen molar-refractivity contribution in [3.63, 3.8) is 0 Å². The fraction of sp³-hybridized carbons (Fsp3) is 1.00.